The number of hydrazine groups is 1. The molecule has 6 heteroatoms. The van der Waals surface area contributed by atoms with Crippen molar-refractivity contribution in [3.63, 3.8) is 0 Å². The van der Waals surface area contributed by atoms with Crippen molar-refractivity contribution in [1.82, 2.24) is 15.8 Å². The highest BCUT2D eigenvalue weighted by molar-refractivity contribution is 6.31. The highest BCUT2D eigenvalue weighted by Crippen LogP contribution is 2.40. The summed E-state index contributed by atoms with van der Waals surface area (Å²) < 4.78 is 5.25. The number of halogens is 1. The zero-order valence-electron chi connectivity index (χ0n) is 14.5. The molecule has 1 saturated heterocycles. The summed E-state index contributed by atoms with van der Waals surface area (Å²) in [6.07, 6.45) is 0.857. The van der Waals surface area contributed by atoms with Crippen molar-refractivity contribution in [2.75, 3.05) is 6.61 Å². The third-order valence-electron chi connectivity index (χ3n) is 4.63. The van der Waals surface area contributed by atoms with Crippen LogP contribution in [-0.4, -0.2) is 29.2 Å². The number of hydrogen-bond acceptors (Lipinski definition) is 5. The first kappa shape index (κ1) is 17.1. The van der Waals surface area contributed by atoms with Crippen LogP contribution < -0.4 is 10.7 Å². The lowest BCUT2D eigenvalue weighted by molar-refractivity contribution is -0.138. The van der Waals surface area contributed by atoms with Gasteiger partial charge in [0, 0.05) is 5.02 Å². The highest BCUT2D eigenvalue weighted by Gasteiger charge is 2.46. The molecule has 0 bridgehead atoms. The van der Waals surface area contributed by atoms with E-state index in [1.807, 2.05) is 38.1 Å². The summed E-state index contributed by atoms with van der Waals surface area (Å²) in [6, 6.07) is 7.77. The first-order valence-electron chi connectivity index (χ1n) is 8.34. The second-order valence-corrected chi connectivity index (χ2v) is 7.31. The number of nitrogens with one attached hydrogen (secondary N) is 2. The minimum absolute atomic E-state index is 0.0384. The monoisotopic (exact) mass is 349 g/mol. The molecule has 2 N–H and O–H groups in total. The van der Waals surface area contributed by atoms with Crippen LogP contribution in [0.2, 0.25) is 5.02 Å². The average molecular weight is 350 g/mol. The van der Waals surface area contributed by atoms with Gasteiger partial charge in [0.2, 0.25) is 0 Å². The van der Waals surface area contributed by atoms with Gasteiger partial charge in [0.15, 0.2) is 0 Å². The SMILES string of the molecule is CCOC(=O)C1=C2NC(c3ccccc3Cl)CC(C)(C)N2NC1C. The van der Waals surface area contributed by atoms with Crippen molar-refractivity contribution in [2.45, 2.75) is 51.7 Å². The first-order chi connectivity index (χ1) is 11.3. The summed E-state index contributed by atoms with van der Waals surface area (Å²) in [5.74, 6) is 0.514. The van der Waals surface area contributed by atoms with Crippen LogP contribution in [0.1, 0.15) is 45.7 Å². The molecule has 2 atom stereocenters. The van der Waals surface area contributed by atoms with Crippen LogP contribution in [0.5, 0.6) is 0 Å². The van der Waals surface area contributed by atoms with Crippen LogP contribution in [0.25, 0.3) is 0 Å². The lowest BCUT2D eigenvalue weighted by atomic mass is 9.88. The van der Waals surface area contributed by atoms with Gasteiger partial charge in [-0.05, 0) is 45.7 Å². The molecule has 130 valence electrons. The molecule has 0 aliphatic carbocycles. The van der Waals surface area contributed by atoms with Crippen LogP contribution >= 0.6 is 11.6 Å². The molecule has 2 aliphatic rings. The molecule has 24 heavy (non-hydrogen) atoms. The molecule has 1 fully saturated rings. The molecule has 2 heterocycles. The van der Waals surface area contributed by atoms with E-state index in [0.717, 1.165) is 22.8 Å². The summed E-state index contributed by atoms with van der Waals surface area (Å²) in [7, 11) is 0. The van der Waals surface area contributed by atoms with Crippen molar-refractivity contribution < 1.29 is 9.53 Å². The lowest BCUT2D eigenvalue weighted by Gasteiger charge is -2.47. The van der Waals surface area contributed by atoms with Gasteiger partial charge in [-0.2, -0.15) is 0 Å². The fourth-order valence-electron chi connectivity index (χ4n) is 3.50. The Morgan fingerprint density at radius 2 is 2.12 bits per heavy atom. The second kappa shape index (κ2) is 6.30. The Morgan fingerprint density at radius 1 is 1.42 bits per heavy atom. The molecule has 5 nitrogen and oxygen atoms in total. The molecule has 0 saturated carbocycles. The molecule has 0 amide bonds. The summed E-state index contributed by atoms with van der Waals surface area (Å²) in [6.45, 7) is 8.47. The number of rotatable bonds is 3. The maximum absolute atomic E-state index is 12.4. The van der Waals surface area contributed by atoms with Gasteiger partial charge in [0.25, 0.3) is 0 Å². The minimum atomic E-state index is -0.280. The molecule has 2 aliphatic heterocycles. The van der Waals surface area contributed by atoms with Crippen molar-refractivity contribution in [3.8, 4) is 0 Å². The first-order valence-corrected chi connectivity index (χ1v) is 8.71. The fourth-order valence-corrected chi connectivity index (χ4v) is 3.77. The smallest absolute Gasteiger partial charge is 0.339 e. The van der Waals surface area contributed by atoms with Crippen LogP contribution in [0.4, 0.5) is 0 Å². The zero-order valence-corrected chi connectivity index (χ0v) is 15.3. The third-order valence-corrected chi connectivity index (χ3v) is 4.97. The summed E-state index contributed by atoms with van der Waals surface area (Å²) in [5, 5.41) is 6.29. The maximum atomic E-state index is 12.4. The molecule has 1 aromatic rings. The Labute approximate surface area is 148 Å². The number of carbonyl (C=O) groups excluding carboxylic acids is 1. The average Bonchev–Trinajstić information content (AvgIpc) is 2.85. The molecular formula is C18H24ClN3O2. The Kier molecular flexibility index (Phi) is 4.49. The quantitative estimate of drug-likeness (QED) is 0.821. The van der Waals surface area contributed by atoms with Crippen LogP contribution in [0.3, 0.4) is 0 Å². The number of carbonyl (C=O) groups is 1. The lowest BCUT2D eigenvalue weighted by Crippen LogP contribution is -2.57. The molecule has 1 aromatic carbocycles. The number of benzene rings is 1. The number of esters is 1. The summed E-state index contributed by atoms with van der Waals surface area (Å²) >= 11 is 6.39. The van der Waals surface area contributed by atoms with E-state index in [0.29, 0.717) is 12.2 Å². The highest BCUT2D eigenvalue weighted by atomic mass is 35.5. The second-order valence-electron chi connectivity index (χ2n) is 6.90. The van der Waals surface area contributed by atoms with Gasteiger partial charge in [-0.25, -0.2) is 10.2 Å². The fraction of sp³-hybridized carbons (Fsp3) is 0.500. The maximum Gasteiger partial charge on any atom is 0.339 e. The van der Waals surface area contributed by atoms with Gasteiger partial charge >= 0.3 is 5.97 Å². The van der Waals surface area contributed by atoms with Crippen LogP contribution in [0, 0.1) is 0 Å². The molecule has 0 radical (unpaired) electrons. The van der Waals surface area contributed by atoms with Gasteiger partial charge in [-0.3, -0.25) is 5.01 Å². The molecule has 2 unspecified atom stereocenters. The molecule has 3 rings (SSSR count). The molecule has 0 spiro atoms. The number of fused-ring (bicyclic) bond motifs is 1. The molecule has 0 aromatic heterocycles. The van der Waals surface area contributed by atoms with E-state index < -0.39 is 0 Å². The summed E-state index contributed by atoms with van der Waals surface area (Å²) in [4.78, 5) is 12.4. The standard InChI is InChI=1S/C18H24ClN3O2/c1-5-24-17(23)15-11(2)21-22-16(15)20-14(10-18(22,3)4)12-8-6-7-9-13(12)19/h6-9,11,14,20-21H,5,10H2,1-4H3. The van der Waals surface area contributed by atoms with Gasteiger partial charge in [-0.15, -0.1) is 0 Å². The van der Waals surface area contributed by atoms with Gasteiger partial charge < -0.3 is 10.1 Å². The van der Waals surface area contributed by atoms with Crippen LogP contribution in [0.15, 0.2) is 35.7 Å². The number of ether oxygens (including phenoxy) is 1. The zero-order chi connectivity index (χ0) is 17.5. The Morgan fingerprint density at radius 3 is 2.79 bits per heavy atom. The van der Waals surface area contributed by atoms with E-state index in [-0.39, 0.29) is 23.6 Å². The predicted molar refractivity (Wildman–Crippen MR) is 94.1 cm³/mol. The van der Waals surface area contributed by atoms with Gasteiger partial charge in [-0.1, -0.05) is 29.8 Å². The van der Waals surface area contributed by atoms with E-state index in [9.17, 15) is 4.79 Å². The van der Waals surface area contributed by atoms with Gasteiger partial charge in [0.05, 0.1) is 29.8 Å². The van der Waals surface area contributed by atoms with E-state index in [1.165, 1.54) is 0 Å². The van der Waals surface area contributed by atoms with Crippen molar-refractivity contribution in [3.05, 3.63) is 46.2 Å². The topological polar surface area (TPSA) is 53.6 Å². The van der Waals surface area contributed by atoms with E-state index in [1.54, 1.807) is 0 Å². The number of nitrogens with zero attached hydrogens (tertiary/aromatic N) is 1. The Bertz CT molecular complexity index is 687. The normalized spacial score (nSPS) is 25.3. The van der Waals surface area contributed by atoms with Crippen molar-refractivity contribution >= 4 is 17.6 Å². The van der Waals surface area contributed by atoms with E-state index in [4.69, 9.17) is 16.3 Å². The third kappa shape index (κ3) is 2.87. The van der Waals surface area contributed by atoms with Crippen molar-refractivity contribution in [1.29, 1.82) is 0 Å². The van der Waals surface area contributed by atoms with E-state index in [2.05, 4.69) is 29.6 Å². The van der Waals surface area contributed by atoms with Crippen LogP contribution in [-0.2, 0) is 9.53 Å². The largest absolute Gasteiger partial charge is 0.462 e. The number of hydrogen-bond donors (Lipinski definition) is 2. The Hall–Kier alpha value is -1.72. The summed E-state index contributed by atoms with van der Waals surface area (Å²) in [5.41, 5.74) is 4.90. The van der Waals surface area contributed by atoms with E-state index >= 15 is 0 Å². The minimum Gasteiger partial charge on any atom is -0.462 e. The predicted octanol–water partition coefficient (Wildman–Crippen LogP) is 3.14. The molecular weight excluding hydrogens is 326 g/mol. The Balaban J connectivity index is 2.02. The van der Waals surface area contributed by atoms with Crippen molar-refractivity contribution in [2.24, 2.45) is 0 Å². The van der Waals surface area contributed by atoms with Gasteiger partial charge in [0.1, 0.15) is 5.82 Å².